The highest BCUT2D eigenvalue weighted by molar-refractivity contribution is 5.76. The Labute approximate surface area is 366 Å². The van der Waals surface area contributed by atoms with Crippen LogP contribution in [0.5, 0.6) is 0 Å². The fraction of sp³-hybridized carbons (Fsp3) is 0.851. The van der Waals surface area contributed by atoms with Gasteiger partial charge in [0, 0.05) is 6.42 Å². The molecule has 0 aromatic carbocycles. The van der Waals surface area contributed by atoms with Gasteiger partial charge in [-0.05, 0) is 44.9 Å². The van der Waals surface area contributed by atoms with E-state index < -0.39 is 86.8 Å². The van der Waals surface area contributed by atoms with Gasteiger partial charge in [-0.15, -0.1) is 0 Å². The molecule has 0 radical (unpaired) electrons. The van der Waals surface area contributed by atoms with E-state index >= 15 is 0 Å². The van der Waals surface area contributed by atoms with E-state index in [0.717, 1.165) is 25.7 Å². The number of carbonyl (C=O) groups excluding carboxylic acids is 1. The molecule has 2 rings (SSSR count). The molecular weight excluding hydrogens is 787 g/mol. The van der Waals surface area contributed by atoms with Crippen molar-refractivity contribution in [1.82, 2.24) is 5.32 Å². The van der Waals surface area contributed by atoms with Crippen LogP contribution in [-0.2, 0) is 23.7 Å². The fourth-order valence-electron chi connectivity index (χ4n) is 7.66. The minimum atomic E-state index is -1.79. The van der Waals surface area contributed by atoms with Gasteiger partial charge in [0.25, 0.3) is 0 Å². The maximum Gasteiger partial charge on any atom is 0.220 e. The topological polar surface area (TPSA) is 228 Å². The van der Waals surface area contributed by atoms with Gasteiger partial charge in [0.05, 0.1) is 32.0 Å². The second kappa shape index (κ2) is 34.6. The van der Waals surface area contributed by atoms with E-state index in [2.05, 4.69) is 36.5 Å². The second-order valence-electron chi connectivity index (χ2n) is 16.9. The lowest BCUT2D eigenvalue weighted by Crippen LogP contribution is -2.65. The quantitative estimate of drug-likeness (QED) is 0.0297. The van der Waals surface area contributed by atoms with E-state index in [1.54, 1.807) is 6.08 Å². The average Bonchev–Trinajstić information content (AvgIpc) is 3.25. The number of aliphatic hydroxyl groups is 8. The summed E-state index contributed by atoms with van der Waals surface area (Å²) >= 11 is 0. The number of rotatable bonds is 35. The average molecular weight is 872 g/mol. The zero-order valence-corrected chi connectivity index (χ0v) is 37.4. The first-order chi connectivity index (χ1) is 29.6. The summed E-state index contributed by atoms with van der Waals surface area (Å²) in [7, 11) is 0. The molecule has 0 aromatic rings. The Morgan fingerprint density at radius 2 is 1.05 bits per heavy atom. The molecular formula is C47H85NO13. The van der Waals surface area contributed by atoms with Gasteiger partial charge in [0.1, 0.15) is 48.8 Å². The van der Waals surface area contributed by atoms with E-state index in [0.29, 0.717) is 12.8 Å². The smallest absolute Gasteiger partial charge is 0.220 e. The fourth-order valence-corrected chi connectivity index (χ4v) is 7.66. The molecule has 2 aliphatic heterocycles. The molecule has 9 N–H and O–H groups in total. The lowest BCUT2D eigenvalue weighted by atomic mass is 9.97. The highest BCUT2D eigenvalue weighted by atomic mass is 16.7. The Bertz CT molecular complexity index is 1170. The molecule has 2 heterocycles. The number of allylic oxidation sites excluding steroid dienone is 5. The molecule has 12 unspecified atom stereocenters. The zero-order chi connectivity index (χ0) is 44.7. The van der Waals surface area contributed by atoms with Gasteiger partial charge in [0.15, 0.2) is 12.6 Å². The van der Waals surface area contributed by atoms with Gasteiger partial charge in [-0.1, -0.05) is 147 Å². The van der Waals surface area contributed by atoms with Crippen LogP contribution in [0.4, 0.5) is 0 Å². The summed E-state index contributed by atoms with van der Waals surface area (Å²) in [5.74, 6) is -0.308. The lowest BCUT2D eigenvalue weighted by Gasteiger charge is -2.46. The van der Waals surface area contributed by atoms with Crippen molar-refractivity contribution < 1.29 is 64.6 Å². The number of hydrogen-bond donors (Lipinski definition) is 9. The normalized spacial score (nSPS) is 28.3. The van der Waals surface area contributed by atoms with Crippen molar-refractivity contribution in [2.45, 2.75) is 235 Å². The Balaban J connectivity index is 1.65. The highest BCUT2D eigenvalue weighted by Gasteiger charge is 2.50. The lowest BCUT2D eigenvalue weighted by molar-refractivity contribution is -0.359. The molecule has 61 heavy (non-hydrogen) atoms. The zero-order valence-electron chi connectivity index (χ0n) is 37.4. The summed E-state index contributed by atoms with van der Waals surface area (Å²) < 4.78 is 22.3. The van der Waals surface area contributed by atoms with Crippen molar-refractivity contribution in [2.75, 3.05) is 19.8 Å². The van der Waals surface area contributed by atoms with E-state index in [4.69, 9.17) is 18.9 Å². The third-order valence-corrected chi connectivity index (χ3v) is 11.5. The van der Waals surface area contributed by atoms with Crippen LogP contribution in [0.15, 0.2) is 36.5 Å². The first-order valence-corrected chi connectivity index (χ1v) is 23.7. The summed E-state index contributed by atoms with van der Waals surface area (Å²) in [5.41, 5.74) is 0. The Kier molecular flexibility index (Phi) is 31.4. The number of amides is 1. The predicted molar refractivity (Wildman–Crippen MR) is 235 cm³/mol. The number of aliphatic hydroxyl groups excluding tert-OH is 8. The number of nitrogens with one attached hydrogen (secondary N) is 1. The first-order valence-electron chi connectivity index (χ1n) is 23.7. The van der Waals surface area contributed by atoms with Gasteiger partial charge in [-0.2, -0.15) is 0 Å². The van der Waals surface area contributed by atoms with Crippen LogP contribution in [0, 0.1) is 0 Å². The minimum Gasteiger partial charge on any atom is -0.394 e. The number of ether oxygens (including phenoxy) is 4. The summed E-state index contributed by atoms with van der Waals surface area (Å²) in [6.45, 7) is 2.37. The van der Waals surface area contributed by atoms with Crippen LogP contribution in [0.25, 0.3) is 0 Å². The minimum absolute atomic E-state index is 0.220. The van der Waals surface area contributed by atoms with Crippen LogP contribution in [-0.4, -0.2) is 140 Å². The molecule has 2 fully saturated rings. The molecule has 356 valence electrons. The number of unbranched alkanes of at least 4 members (excludes halogenated alkanes) is 18. The maximum absolute atomic E-state index is 12.5. The molecule has 2 aliphatic rings. The maximum atomic E-state index is 12.5. The standard InChI is InChI=1S/C47H85NO13/c1-3-5-6-7-8-9-10-11-12-13-14-15-16-17-18-19-20-21-22-23-24-25-26-27-28-29-31-36(51)35(48-39(52)30-4-2)34-58-46-44(57)42(55)45(38(33-50)60-46)61-47-43(56)41(54)40(53)37(32-49)59-47/h21-22,25-26,29,31,35-38,40-47,49-51,53-57H,3-20,23-24,27-28,30,32-34H2,1-2H3,(H,48,52)/b22-21+,26-25+,31-29+. The van der Waals surface area contributed by atoms with Crippen LogP contribution < -0.4 is 5.32 Å². The van der Waals surface area contributed by atoms with E-state index in [1.807, 2.05) is 13.0 Å². The largest absolute Gasteiger partial charge is 0.394 e. The van der Waals surface area contributed by atoms with Gasteiger partial charge in [0.2, 0.25) is 5.91 Å². The van der Waals surface area contributed by atoms with Crippen LogP contribution in [0.1, 0.15) is 162 Å². The van der Waals surface area contributed by atoms with Gasteiger partial charge >= 0.3 is 0 Å². The van der Waals surface area contributed by atoms with Crippen LogP contribution in [0.3, 0.4) is 0 Å². The predicted octanol–water partition coefficient (Wildman–Crippen LogP) is 5.15. The van der Waals surface area contributed by atoms with E-state index in [1.165, 1.54) is 103 Å². The van der Waals surface area contributed by atoms with Gasteiger partial charge in [-0.3, -0.25) is 4.79 Å². The van der Waals surface area contributed by atoms with Gasteiger partial charge < -0.3 is 65.1 Å². The summed E-state index contributed by atoms with van der Waals surface area (Å²) in [6.07, 6.45) is 22.7. The Hall–Kier alpha value is -1.79. The van der Waals surface area contributed by atoms with Crippen molar-refractivity contribution in [3.05, 3.63) is 36.5 Å². The molecule has 2 saturated heterocycles. The molecule has 0 bridgehead atoms. The summed E-state index contributed by atoms with van der Waals surface area (Å²) in [5, 5.41) is 85.5. The molecule has 12 atom stereocenters. The van der Waals surface area contributed by atoms with Crippen molar-refractivity contribution in [3.8, 4) is 0 Å². The third kappa shape index (κ3) is 22.6. The van der Waals surface area contributed by atoms with E-state index in [9.17, 15) is 45.6 Å². The van der Waals surface area contributed by atoms with E-state index in [-0.39, 0.29) is 18.9 Å². The SMILES string of the molecule is CCCCCCCCCCCCCCCCCC/C=C/CC/C=C/CC/C=C/C(O)C(COC1OC(CO)C(OC2OC(CO)C(O)C(O)C2O)C(O)C1O)NC(=O)CCC. The molecule has 14 nitrogen and oxygen atoms in total. The number of carbonyl (C=O) groups is 1. The monoisotopic (exact) mass is 872 g/mol. The Morgan fingerprint density at radius 3 is 1.57 bits per heavy atom. The third-order valence-electron chi connectivity index (χ3n) is 11.5. The summed E-state index contributed by atoms with van der Waals surface area (Å²) in [6, 6.07) is -0.930. The second-order valence-corrected chi connectivity index (χ2v) is 16.9. The molecule has 0 saturated carbocycles. The molecule has 0 aliphatic carbocycles. The van der Waals surface area contributed by atoms with Crippen molar-refractivity contribution in [1.29, 1.82) is 0 Å². The van der Waals surface area contributed by atoms with Crippen molar-refractivity contribution in [2.24, 2.45) is 0 Å². The molecule has 1 amide bonds. The molecule has 0 aromatic heterocycles. The van der Waals surface area contributed by atoms with Crippen LogP contribution in [0.2, 0.25) is 0 Å². The van der Waals surface area contributed by atoms with Crippen LogP contribution >= 0.6 is 0 Å². The van der Waals surface area contributed by atoms with Gasteiger partial charge in [-0.25, -0.2) is 0 Å². The molecule has 0 spiro atoms. The van der Waals surface area contributed by atoms with Crippen molar-refractivity contribution >= 4 is 5.91 Å². The van der Waals surface area contributed by atoms with Crippen molar-refractivity contribution in [3.63, 3.8) is 0 Å². The number of hydrogen-bond acceptors (Lipinski definition) is 13. The summed E-state index contributed by atoms with van der Waals surface area (Å²) in [4.78, 5) is 12.5. The highest BCUT2D eigenvalue weighted by Crippen LogP contribution is 2.30. The Morgan fingerprint density at radius 1 is 0.574 bits per heavy atom. The first kappa shape index (κ1) is 55.3. The molecule has 14 heteroatoms.